The predicted molar refractivity (Wildman–Crippen MR) is 239 cm³/mol. The van der Waals surface area contributed by atoms with Crippen LogP contribution in [0.3, 0.4) is 0 Å². The number of hydrogen-bond acceptors (Lipinski definition) is 6. The monoisotopic (exact) mass is 800 g/mol. The Labute approximate surface area is 353 Å². The van der Waals surface area contributed by atoms with Gasteiger partial charge >= 0.3 is 0 Å². The summed E-state index contributed by atoms with van der Waals surface area (Å²) >= 11 is 0. The number of benzene rings is 6. The molecule has 0 heterocycles. The SMILES string of the molecule is CC(Cc1ccccc1)(NC(=O)C(N)C(N)(C(=O)NC(C)(Cc1ccccc1)c1ccccc1)C(C)(N)C(=O)NC(Cc1ccccc1)c1ccccc1)c1ccccc1. The molecule has 9 nitrogen and oxygen atoms in total. The van der Waals surface area contributed by atoms with Crippen LogP contribution in [0.4, 0.5) is 0 Å². The number of nitrogens with two attached hydrogens (primary N) is 3. The number of carbonyl (C=O) groups excluding carboxylic acids is 3. The van der Waals surface area contributed by atoms with Crippen molar-refractivity contribution in [2.24, 2.45) is 17.2 Å². The van der Waals surface area contributed by atoms with E-state index in [4.69, 9.17) is 17.2 Å². The van der Waals surface area contributed by atoms with Crippen LogP contribution >= 0.6 is 0 Å². The maximum Gasteiger partial charge on any atom is 0.245 e. The molecule has 3 amide bonds. The first-order valence-corrected chi connectivity index (χ1v) is 20.3. The second-order valence-electron chi connectivity index (χ2n) is 16.3. The first-order valence-electron chi connectivity index (χ1n) is 20.3. The molecule has 0 fully saturated rings. The second kappa shape index (κ2) is 18.7. The lowest BCUT2D eigenvalue weighted by molar-refractivity contribution is -0.143. The van der Waals surface area contributed by atoms with Crippen molar-refractivity contribution < 1.29 is 14.4 Å². The minimum Gasteiger partial charge on any atom is -0.347 e. The molecule has 9 heteroatoms. The Balaban J connectivity index is 1.42. The third-order valence-electron chi connectivity index (χ3n) is 11.7. The van der Waals surface area contributed by atoms with Gasteiger partial charge in [-0.1, -0.05) is 182 Å². The average molecular weight is 801 g/mol. The molecule has 6 atom stereocenters. The fourth-order valence-electron chi connectivity index (χ4n) is 7.95. The minimum atomic E-state index is -2.52. The van der Waals surface area contributed by atoms with Crippen molar-refractivity contribution in [2.45, 2.75) is 74.3 Å². The summed E-state index contributed by atoms with van der Waals surface area (Å²) in [6.45, 7) is 5.15. The van der Waals surface area contributed by atoms with Gasteiger partial charge in [-0.05, 0) is 73.4 Å². The topological polar surface area (TPSA) is 165 Å². The van der Waals surface area contributed by atoms with Gasteiger partial charge in [0.1, 0.15) is 17.1 Å². The van der Waals surface area contributed by atoms with E-state index >= 15 is 4.79 Å². The van der Waals surface area contributed by atoms with Gasteiger partial charge in [-0.15, -0.1) is 0 Å². The van der Waals surface area contributed by atoms with Crippen LogP contribution in [0.5, 0.6) is 0 Å². The summed E-state index contributed by atoms with van der Waals surface area (Å²) in [7, 11) is 0. The highest BCUT2D eigenvalue weighted by molar-refractivity contribution is 6.04. The van der Waals surface area contributed by atoms with Gasteiger partial charge < -0.3 is 33.2 Å². The highest BCUT2D eigenvalue weighted by Gasteiger charge is 2.60. The van der Waals surface area contributed by atoms with E-state index in [0.717, 1.165) is 33.4 Å². The van der Waals surface area contributed by atoms with Crippen molar-refractivity contribution in [2.75, 3.05) is 0 Å². The second-order valence-corrected chi connectivity index (χ2v) is 16.3. The van der Waals surface area contributed by atoms with Crippen LogP contribution in [0.1, 0.15) is 60.2 Å². The Kier molecular flexibility index (Phi) is 13.4. The van der Waals surface area contributed by atoms with E-state index in [1.165, 1.54) is 6.92 Å². The fraction of sp³-hybridized carbons (Fsp3) is 0.235. The van der Waals surface area contributed by atoms with Gasteiger partial charge in [0, 0.05) is 0 Å². The van der Waals surface area contributed by atoms with E-state index in [2.05, 4.69) is 16.0 Å². The van der Waals surface area contributed by atoms with E-state index in [1.807, 2.05) is 196 Å². The van der Waals surface area contributed by atoms with Crippen LogP contribution in [0, 0.1) is 0 Å². The highest BCUT2D eigenvalue weighted by atomic mass is 16.2. The molecule has 0 aliphatic carbocycles. The summed E-state index contributed by atoms with van der Waals surface area (Å²) in [6.07, 6.45) is 1.16. The quantitative estimate of drug-likeness (QED) is 0.0627. The van der Waals surface area contributed by atoms with Crippen molar-refractivity contribution in [1.29, 1.82) is 0 Å². The molecule has 6 unspecified atom stereocenters. The molecule has 0 aliphatic heterocycles. The molecule has 0 bridgehead atoms. The number of amides is 3. The van der Waals surface area contributed by atoms with E-state index in [1.54, 1.807) is 0 Å². The molecule has 60 heavy (non-hydrogen) atoms. The number of nitrogens with one attached hydrogen (secondary N) is 3. The smallest absolute Gasteiger partial charge is 0.245 e. The zero-order valence-corrected chi connectivity index (χ0v) is 34.6. The van der Waals surface area contributed by atoms with Crippen LogP contribution in [0.15, 0.2) is 182 Å². The molecule has 6 aromatic rings. The fourth-order valence-corrected chi connectivity index (χ4v) is 7.95. The Morgan fingerprint density at radius 3 is 1.30 bits per heavy atom. The summed E-state index contributed by atoms with van der Waals surface area (Å²) in [4.78, 5) is 45.1. The van der Waals surface area contributed by atoms with E-state index in [9.17, 15) is 9.59 Å². The maximum absolute atomic E-state index is 15.4. The number of carbonyl (C=O) groups is 3. The van der Waals surface area contributed by atoms with E-state index in [-0.39, 0.29) is 0 Å². The Morgan fingerprint density at radius 1 is 0.500 bits per heavy atom. The van der Waals surface area contributed by atoms with Crippen LogP contribution in [-0.4, -0.2) is 34.8 Å². The van der Waals surface area contributed by atoms with Gasteiger partial charge in [-0.25, -0.2) is 0 Å². The molecule has 9 N–H and O–H groups in total. The van der Waals surface area contributed by atoms with Crippen LogP contribution in [0.25, 0.3) is 0 Å². The molecule has 0 saturated heterocycles. The summed E-state index contributed by atoms with van der Waals surface area (Å²) < 4.78 is 0. The number of rotatable bonds is 17. The lowest BCUT2D eigenvalue weighted by atomic mass is 9.71. The van der Waals surface area contributed by atoms with Crippen LogP contribution in [-0.2, 0) is 44.7 Å². The van der Waals surface area contributed by atoms with Gasteiger partial charge in [0.15, 0.2) is 0 Å². The molecule has 6 aromatic carbocycles. The molecule has 308 valence electrons. The summed E-state index contributed by atoms with van der Waals surface area (Å²) in [5, 5.41) is 9.43. The predicted octanol–water partition coefficient (Wildman–Crippen LogP) is 6.38. The average Bonchev–Trinajstić information content (AvgIpc) is 3.27. The molecule has 0 saturated carbocycles. The highest BCUT2D eigenvalue weighted by Crippen LogP contribution is 2.32. The lowest BCUT2D eigenvalue weighted by Gasteiger charge is -2.47. The van der Waals surface area contributed by atoms with Crippen molar-refractivity contribution in [3.05, 3.63) is 215 Å². The molecule has 0 spiro atoms. The van der Waals surface area contributed by atoms with Crippen molar-refractivity contribution in [1.82, 2.24) is 16.0 Å². The molecular weight excluding hydrogens is 745 g/mol. The number of hydrogen-bond donors (Lipinski definition) is 6. The van der Waals surface area contributed by atoms with E-state index < -0.39 is 52.0 Å². The first kappa shape index (κ1) is 43.2. The van der Waals surface area contributed by atoms with Crippen LogP contribution < -0.4 is 33.2 Å². The summed E-state index contributed by atoms with van der Waals surface area (Å²) in [5.74, 6) is -2.38. The molecule has 0 aromatic heterocycles. The molecular formula is C51H56N6O3. The third kappa shape index (κ3) is 9.72. The zero-order chi connectivity index (χ0) is 42.8. The summed E-state index contributed by atoms with van der Waals surface area (Å²) in [5.41, 5.74) is 19.9. The Morgan fingerprint density at radius 2 is 0.867 bits per heavy atom. The van der Waals surface area contributed by atoms with Crippen molar-refractivity contribution >= 4 is 17.7 Å². The third-order valence-corrected chi connectivity index (χ3v) is 11.7. The lowest BCUT2D eigenvalue weighted by Crippen LogP contribution is -2.84. The Hall–Kier alpha value is -6.39. The van der Waals surface area contributed by atoms with E-state index in [0.29, 0.717) is 19.3 Å². The molecule has 0 radical (unpaired) electrons. The normalized spacial score (nSPS) is 16.3. The summed E-state index contributed by atoms with van der Waals surface area (Å²) in [6, 6.07) is 55.3. The minimum absolute atomic E-state index is 0.352. The largest absolute Gasteiger partial charge is 0.347 e. The standard InChI is InChI=1S/C51H56N6O3/c1-48(41-30-18-8-19-31-41,35-38-24-12-5-13-25-38)56-45(58)44(52)51(54,47(60)57-49(2,42-32-20-9-21-33-42)36-39-26-14-6-15-27-39)50(3,53)46(59)55-43(40-28-16-7-17-29-40)34-37-22-10-4-11-23-37/h4-33,43-44H,34-36,52-54H2,1-3H3,(H,55,59)(H,56,58)(H,57,60). The maximum atomic E-state index is 15.4. The molecule has 6 rings (SSSR count). The van der Waals surface area contributed by atoms with Crippen molar-refractivity contribution in [3.63, 3.8) is 0 Å². The van der Waals surface area contributed by atoms with Gasteiger partial charge in [0.05, 0.1) is 17.1 Å². The zero-order valence-electron chi connectivity index (χ0n) is 34.6. The van der Waals surface area contributed by atoms with Gasteiger partial charge in [0.25, 0.3) is 0 Å². The van der Waals surface area contributed by atoms with Crippen LogP contribution in [0.2, 0.25) is 0 Å². The van der Waals surface area contributed by atoms with Gasteiger partial charge in [-0.2, -0.15) is 0 Å². The Bertz CT molecular complexity index is 2310. The first-order chi connectivity index (χ1) is 28.7. The molecule has 0 aliphatic rings. The van der Waals surface area contributed by atoms with Crippen molar-refractivity contribution in [3.8, 4) is 0 Å². The van der Waals surface area contributed by atoms with Gasteiger partial charge in [-0.3, -0.25) is 14.4 Å². The van der Waals surface area contributed by atoms with Gasteiger partial charge in [0.2, 0.25) is 17.7 Å².